The monoisotopic (exact) mass is 285 g/mol. The van der Waals surface area contributed by atoms with Crippen molar-refractivity contribution in [2.45, 2.75) is 31.7 Å². The third-order valence-corrected chi connectivity index (χ3v) is 4.35. The molecule has 110 valence electrons. The van der Waals surface area contributed by atoms with Crippen molar-refractivity contribution < 1.29 is 4.79 Å². The van der Waals surface area contributed by atoms with E-state index < -0.39 is 0 Å². The maximum Gasteiger partial charge on any atom is 0.274 e. The molecule has 1 fully saturated rings. The van der Waals surface area contributed by atoms with Crippen LogP contribution in [-0.2, 0) is 7.05 Å². The lowest BCUT2D eigenvalue weighted by Crippen LogP contribution is -2.37. The summed E-state index contributed by atoms with van der Waals surface area (Å²) in [6.45, 7) is 0. The largest absolute Gasteiger partial charge is 0.337 e. The van der Waals surface area contributed by atoms with E-state index in [0.29, 0.717) is 16.5 Å². The van der Waals surface area contributed by atoms with Gasteiger partial charge in [0.1, 0.15) is 0 Å². The Kier molecular flexibility index (Phi) is 3.49. The molecule has 1 aromatic heterocycles. The summed E-state index contributed by atoms with van der Waals surface area (Å²) in [5.74, 6) is -0.103. The van der Waals surface area contributed by atoms with E-state index in [1.807, 2.05) is 13.1 Å². The lowest BCUT2D eigenvalue weighted by molar-refractivity contribution is 0.0729. The average Bonchev–Trinajstić information content (AvgIpc) is 3.04. The lowest BCUT2D eigenvalue weighted by Gasteiger charge is -2.24. The highest BCUT2D eigenvalue weighted by Gasteiger charge is 2.26. The first kappa shape index (κ1) is 13.8. The number of nitrogens with zero attached hydrogens (tertiary/aromatic N) is 3. The first-order valence-corrected chi connectivity index (χ1v) is 7.33. The molecule has 5 heteroatoms. The second kappa shape index (κ2) is 5.31. The molecule has 2 aromatic rings. The van der Waals surface area contributed by atoms with Crippen molar-refractivity contribution in [2.24, 2.45) is 7.05 Å². The number of amides is 1. The minimum atomic E-state index is -0.175. The van der Waals surface area contributed by atoms with Crippen LogP contribution in [0.5, 0.6) is 0 Å². The molecule has 21 heavy (non-hydrogen) atoms. The molecule has 1 aliphatic rings. The predicted octanol–water partition coefficient (Wildman–Crippen LogP) is 1.95. The first-order valence-electron chi connectivity index (χ1n) is 7.33. The standard InChI is InChI=1S/C16H19N3O2/c1-18(11-7-3-4-8-11)16(21)14-12-9-5-6-10-13(12)15(20)19(2)17-14/h5-6,9-11H,3-4,7-8H2,1-2H3. The van der Waals surface area contributed by atoms with Crippen molar-refractivity contribution >= 4 is 16.7 Å². The molecule has 1 heterocycles. The quantitative estimate of drug-likeness (QED) is 0.847. The maximum atomic E-state index is 12.8. The first-order chi connectivity index (χ1) is 10.1. The van der Waals surface area contributed by atoms with Gasteiger partial charge in [0.25, 0.3) is 11.5 Å². The molecule has 0 unspecified atom stereocenters. The Morgan fingerprint density at radius 1 is 1.24 bits per heavy atom. The number of aryl methyl sites for hydroxylation is 1. The van der Waals surface area contributed by atoms with Crippen LogP contribution < -0.4 is 5.56 Å². The molecule has 0 radical (unpaired) electrons. The van der Waals surface area contributed by atoms with Crippen LogP contribution >= 0.6 is 0 Å². The van der Waals surface area contributed by atoms with Gasteiger partial charge in [0.05, 0.1) is 5.39 Å². The number of hydrogen-bond acceptors (Lipinski definition) is 3. The normalized spacial score (nSPS) is 15.5. The summed E-state index contributed by atoms with van der Waals surface area (Å²) in [4.78, 5) is 26.6. The molecule has 0 N–H and O–H groups in total. The van der Waals surface area contributed by atoms with Crippen molar-refractivity contribution in [1.29, 1.82) is 0 Å². The molecule has 0 aliphatic heterocycles. The number of carbonyl (C=O) groups excluding carboxylic acids is 1. The summed E-state index contributed by atoms with van der Waals surface area (Å²) in [6, 6.07) is 7.45. The van der Waals surface area contributed by atoms with E-state index in [9.17, 15) is 9.59 Å². The van der Waals surface area contributed by atoms with Crippen LogP contribution in [0.1, 0.15) is 36.2 Å². The molecule has 0 bridgehead atoms. The summed E-state index contributed by atoms with van der Waals surface area (Å²) < 4.78 is 1.25. The molecule has 1 amide bonds. The topological polar surface area (TPSA) is 55.2 Å². The Bertz CT molecular complexity index is 745. The molecule has 3 rings (SSSR count). The number of fused-ring (bicyclic) bond motifs is 1. The van der Waals surface area contributed by atoms with Gasteiger partial charge in [-0.3, -0.25) is 9.59 Å². The van der Waals surface area contributed by atoms with Crippen LogP contribution in [0.3, 0.4) is 0 Å². The Balaban J connectivity index is 2.09. The Hall–Kier alpha value is -2.17. The maximum absolute atomic E-state index is 12.8. The van der Waals surface area contributed by atoms with E-state index in [1.54, 1.807) is 30.1 Å². The molecule has 0 spiro atoms. The zero-order valence-electron chi connectivity index (χ0n) is 12.4. The average molecular weight is 285 g/mol. The van der Waals surface area contributed by atoms with Crippen molar-refractivity contribution in [3.8, 4) is 0 Å². The molecular formula is C16H19N3O2. The van der Waals surface area contributed by atoms with Crippen LogP contribution in [-0.4, -0.2) is 33.7 Å². The van der Waals surface area contributed by atoms with Gasteiger partial charge in [0.2, 0.25) is 0 Å². The lowest BCUT2D eigenvalue weighted by atomic mass is 10.1. The van der Waals surface area contributed by atoms with Gasteiger partial charge in [0, 0.05) is 25.5 Å². The van der Waals surface area contributed by atoms with Gasteiger partial charge in [-0.15, -0.1) is 0 Å². The number of carbonyl (C=O) groups is 1. The highest BCUT2D eigenvalue weighted by atomic mass is 16.2. The van der Waals surface area contributed by atoms with Gasteiger partial charge in [0.15, 0.2) is 5.69 Å². The molecule has 0 saturated heterocycles. The fourth-order valence-corrected chi connectivity index (χ4v) is 3.08. The fourth-order valence-electron chi connectivity index (χ4n) is 3.08. The fraction of sp³-hybridized carbons (Fsp3) is 0.438. The predicted molar refractivity (Wildman–Crippen MR) is 81.3 cm³/mol. The van der Waals surface area contributed by atoms with Crippen LogP contribution in [0.2, 0.25) is 0 Å². The minimum Gasteiger partial charge on any atom is -0.337 e. The SMILES string of the molecule is CN(C(=O)c1nn(C)c(=O)c2ccccc12)C1CCCC1. The van der Waals surface area contributed by atoms with Crippen LogP contribution in [0.4, 0.5) is 0 Å². The second-order valence-electron chi connectivity index (χ2n) is 5.68. The zero-order valence-corrected chi connectivity index (χ0v) is 12.4. The third kappa shape index (κ3) is 2.33. The summed E-state index contributed by atoms with van der Waals surface area (Å²) in [6.07, 6.45) is 4.44. The number of aromatic nitrogens is 2. The van der Waals surface area contributed by atoms with Gasteiger partial charge in [-0.1, -0.05) is 31.0 Å². The van der Waals surface area contributed by atoms with Gasteiger partial charge >= 0.3 is 0 Å². The molecule has 5 nitrogen and oxygen atoms in total. The Morgan fingerprint density at radius 3 is 2.52 bits per heavy atom. The third-order valence-electron chi connectivity index (χ3n) is 4.35. The number of hydrogen-bond donors (Lipinski definition) is 0. The van der Waals surface area contributed by atoms with Crippen LogP contribution in [0.25, 0.3) is 10.8 Å². The van der Waals surface area contributed by atoms with Crippen molar-refractivity contribution in [1.82, 2.24) is 14.7 Å². The summed E-state index contributed by atoms with van der Waals surface area (Å²) in [5.41, 5.74) is 0.188. The number of benzene rings is 1. The minimum absolute atomic E-state index is 0.103. The smallest absolute Gasteiger partial charge is 0.274 e. The Morgan fingerprint density at radius 2 is 1.86 bits per heavy atom. The highest BCUT2D eigenvalue weighted by Crippen LogP contribution is 2.24. The van der Waals surface area contributed by atoms with E-state index in [1.165, 1.54) is 17.5 Å². The van der Waals surface area contributed by atoms with Gasteiger partial charge in [-0.2, -0.15) is 5.10 Å². The van der Waals surface area contributed by atoms with Crippen molar-refractivity contribution in [3.63, 3.8) is 0 Å². The molecule has 1 saturated carbocycles. The van der Waals surface area contributed by atoms with Crippen LogP contribution in [0.15, 0.2) is 29.1 Å². The van der Waals surface area contributed by atoms with Crippen molar-refractivity contribution in [3.05, 3.63) is 40.3 Å². The molecular weight excluding hydrogens is 266 g/mol. The summed E-state index contributed by atoms with van der Waals surface area (Å²) >= 11 is 0. The summed E-state index contributed by atoms with van der Waals surface area (Å²) in [7, 11) is 3.42. The van der Waals surface area contributed by atoms with E-state index in [0.717, 1.165) is 12.8 Å². The Labute approximate surface area is 123 Å². The molecule has 0 atom stereocenters. The van der Waals surface area contributed by atoms with E-state index in [2.05, 4.69) is 5.10 Å². The molecule has 1 aromatic carbocycles. The molecule has 1 aliphatic carbocycles. The van der Waals surface area contributed by atoms with E-state index in [-0.39, 0.29) is 17.5 Å². The van der Waals surface area contributed by atoms with Gasteiger partial charge in [-0.05, 0) is 18.9 Å². The van der Waals surface area contributed by atoms with Crippen molar-refractivity contribution in [2.75, 3.05) is 7.05 Å². The summed E-state index contributed by atoms with van der Waals surface area (Å²) in [5, 5.41) is 5.38. The van der Waals surface area contributed by atoms with E-state index in [4.69, 9.17) is 0 Å². The second-order valence-corrected chi connectivity index (χ2v) is 5.68. The van der Waals surface area contributed by atoms with Gasteiger partial charge in [-0.25, -0.2) is 4.68 Å². The van der Waals surface area contributed by atoms with Gasteiger partial charge < -0.3 is 4.90 Å². The van der Waals surface area contributed by atoms with Crippen LogP contribution in [0, 0.1) is 0 Å². The van der Waals surface area contributed by atoms with E-state index >= 15 is 0 Å². The highest BCUT2D eigenvalue weighted by molar-refractivity contribution is 6.04. The zero-order chi connectivity index (χ0) is 15.0. The number of rotatable bonds is 2.